The molecule has 0 saturated carbocycles. The molecule has 3 nitrogen and oxygen atoms in total. The van der Waals surface area contributed by atoms with Gasteiger partial charge in [-0.2, -0.15) is 0 Å². The zero-order valence-corrected chi connectivity index (χ0v) is 7.13. The molecule has 3 heteroatoms. The first-order valence-electron chi connectivity index (χ1n) is 3.88. The third kappa shape index (κ3) is 1.83. The number of carbonyl (C=O) groups is 1. The van der Waals surface area contributed by atoms with E-state index in [0.717, 1.165) is 12.1 Å². The average molecular weight is 165 g/mol. The van der Waals surface area contributed by atoms with Crippen LogP contribution in [0.15, 0.2) is 24.3 Å². The Morgan fingerprint density at radius 2 is 2.00 bits per heavy atom. The first kappa shape index (κ1) is 8.74. The van der Waals surface area contributed by atoms with E-state index in [-0.39, 0.29) is 5.91 Å². The van der Waals surface area contributed by atoms with E-state index in [1.54, 1.807) is 19.2 Å². The fraction of sp³-hybridized carbons (Fsp3) is 0.222. The van der Waals surface area contributed by atoms with E-state index in [1.165, 1.54) is 0 Å². The summed E-state index contributed by atoms with van der Waals surface area (Å²) in [6.45, 7) is 0.758. The van der Waals surface area contributed by atoms with Gasteiger partial charge in [-0.1, -0.05) is 12.1 Å². The molecule has 0 aromatic heterocycles. The van der Waals surface area contributed by atoms with Gasteiger partial charge in [0.1, 0.15) is 0 Å². The quantitative estimate of drug-likeness (QED) is 0.626. The second-order valence-electron chi connectivity index (χ2n) is 2.53. The van der Waals surface area contributed by atoms with Crippen LogP contribution in [0.1, 0.15) is 15.9 Å². The van der Waals surface area contributed by atoms with E-state index in [1.807, 2.05) is 12.1 Å². The van der Waals surface area contributed by atoms with Crippen molar-refractivity contribution in [2.45, 2.75) is 6.54 Å². The fourth-order valence-electron chi connectivity index (χ4n) is 0.967. The van der Waals surface area contributed by atoms with Crippen LogP contribution in [0, 0.1) is 0 Å². The lowest BCUT2D eigenvalue weighted by Gasteiger charge is -1.99. The van der Waals surface area contributed by atoms with Gasteiger partial charge in [0.2, 0.25) is 0 Å². The predicted octanol–water partition coefficient (Wildman–Crippen LogP) is -0.212. The molecular weight excluding hydrogens is 152 g/mol. The molecule has 12 heavy (non-hydrogen) atoms. The summed E-state index contributed by atoms with van der Waals surface area (Å²) in [6, 6.07) is 7.44. The molecule has 0 radical (unpaired) electrons. The summed E-state index contributed by atoms with van der Waals surface area (Å²) in [6.07, 6.45) is 0. The Kier molecular flexibility index (Phi) is 2.82. The molecule has 0 atom stereocenters. The fourth-order valence-corrected chi connectivity index (χ4v) is 0.967. The molecule has 0 aliphatic heterocycles. The summed E-state index contributed by atoms with van der Waals surface area (Å²) >= 11 is 0. The van der Waals surface area contributed by atoms with Crippen molar-refractivity contribution < 1.29 is 10.5 Å². The lowest BCUT2D eigenvalue weighted by Crippen LogP contribution is -2.47. The second-order valence-corrected chi connectivity index (χ2v) is 2.53. The SMILES string of the molecule is CNC(=O)c1ccc(C[NH3+])cc1. The number of amides is 1. The number of benzene rings is 1. The zero-order valence-electron chi connectivity index (χ0n) is 7.13. The van der Waals surface area contributed by atoms with Crippen molar-refractivity contribution in [3.63, 3.8) is 0 Å². The van der Waals surface area contributed by atoms with Crippen molar-refractivity contribution in [3.8, 4) is 0 Å². The summed E-state index contributed by atoms with van der Waals surface area (Å²) in [5.74, 6) is -0.0504. The highest BCUT2D eigenvalue weighted by Gasteiger charge is 2.01. The summed E-state index contributed by atoms with van der Waals surface area (Å²) in [5.41, 5.74) is 5.58. The third-order valence-corrected chi connectivity index (χ3v) is 1.73. The zero-order chi connectivity index (χ0) is 8.97. The molecule has 0 heterocycles. The third-order valence-electron chi connectivity index (χ3n) is 1.73. The number of rotatable bonds is 2. The smallest absolute Gasteiger partial charge is 0.251 e. The van der Waals surface area contributed by atoms with Crippen LogP contribution in [-0.2, 0) is 6.54 Å². The van der Waals surface area contributed by atoms with Crippen LogP contribution in [0.5, 0.6) is 0 Å². The van der Waals surface area contributed by atoms with Gasteiger partial charge >= 0.3 is 0 Å². The Bertz CT molecular complexity index is 266. The molecule has 0 spiro atoms. The minimum absolute atomic E-state index is 0.0504. The monoisotopic (exact) mass is 165 g/mol. The van der Waals surface area contributed by atoms with E-state index in [4.69, 9.17) is 0 Å². The molecule has 1 amide bonds. The first-order valence-corrected chi connectivity index (χ1v) is 3.88. The van der Waals surface area contributed by atoms with Crippen molar-refractivity contribution in [1.82, 2.24) is 5.32 Å². The molecule has 0 aliphatic carbocycles. The summed E-state index contributed by atoms with van der Waals surface area (Å²) in [7, 11) is 1.62. The molecule has 1 aromatic carbocycles. The highest BCUT2D eigenvalue weighted by Crippen LogP contribution is 2.02. The lowest BCUT2D eigenvalue weighted by molar-refractivity contribution is -0.386. The Labute approximate surface area is 71.6 Å². The Morgan fingerprint density at radius 3 is 2.42 bits per heavy atom. The van der Waals surface area contributed by atoms with Crippen molar-refractivity contribution >= 4 is 5.91 Å². The molecule has 0 unspecified atom stereocenters. The summed E-state index contributed by atoms with van der Waals surface area (Å²) < 4.78 is 0. The van der Waals surface area contributed by atoms with Crippen LogP contribution < -0.4 is 11.1 Å². The van der Waals surface area contributed by atoms with Gasteiger partial charge in [-0.15, -0.1) is 0 Å². The van der Waals surface area contributed by atoms with Crippen LogP contribution >= 0.6 is 0 Å². The Morgan fingerprint density at radius 1 is 1.42 bits per heavy atom. The van der Waals surface area contributed by atoms with E-state index in [9.17, 15) is 4.79 Å². The topological polar surface area (TPSA) is 56.7 Å². The number of quaternary nitrogens is 1. The normalized spacial score (nSPS) is 9.50. The van der Waals surface area contributed by atoms with E-state index in [2.05, 4.69) is 11.1 Å². The number of hydrogen-bond donors (Lipinski definition) is 2. The molecule has 4 N–H and O–H groups in total. The van der Waals surface area contributed by atoms with Gasteiger partial charge in [0.05, 0.1) is 6.54 Å². The maximum atomic E-state index is 11.1. The minimum Gasteiger partial charge on any atom is -0.355 e. The van der Waals surface area contributed by atoms with Crippen molar-refractivity contribution in [2.75, 3.05) is 7.05 Å². The largest absolute Gasteiger partial charge is 0.355 e. The second kappa shape index (κ2) is 3.88. The molecule has 64 valence electrons. The van der Waals surface area contributed by atoms with Crippen LogP contribution in [-0.4, -0.2) is 13.0 Å². The van der Waals surface area contributed by atoms with E-state index in [0.29, 0.717) is 5.56 Å². The van der Waals surface area contributed by atoms with Crippen LogP contribution in [0.3, 0.4) is 0 Å². The van der Waals surface area contributed by atoms with Gasteiger partial charge in [-0.25, -0.2) is 0 Å². The first-order chi connectivity index (χ1) is 5.77. The molecular formula is C9H13N2O+. The average Bonchev–Trinajstić information content (AvgIpc) is 2.17. The summed E-state index contributed by atoms with van der Waals surface area (Å²) in [5, 5.41) is 2.56. The van der Waals surface area contributed by atoms with Crippen molar-refractivity contribution in [3.05, 3.63) is 35.4 Å². The molecule has 0 bridgehead atoms. The Hall–Kier alpha value is -1.35. The summed E-state index contributed by atoms with van der Waals surface area (Å²) in [4.78, 5) is 11.1. The maximum absolute atomic E-state index is 11.1. The van der Waals surface area contributed by atoms with Crippen LogP contribution in [0.25, 0.3) is 0 Å². The van der Waals surface area contributed by atoms with Gasteiger partial charge in [0.15, 0.2) is 0 Å². The molecule has 1 aromatic rings. The standard InChI is InChI=1S/C9H12N2O/c1-11-9(12)8-4-2-7(6-10)3-5-8/h2-5H,6,10H2,1H3,(H,11,12)/p+1. The highest BCUT2D eigenvalue weighted by atomic mass is 16.1. The molecule has 1 rings (SSSR count). The van der Waals surface area contributed by atoms with Gasteiger partial charge in [0.25, 0.3) is 5.91 Å². The molecule has 0 saturated heterocycles. The molecule has 0 fully saturated rings. The number of carbonyl (C=O) groups excluding carboxylic acids is 1. The number of nitrogens with one attached hydrogen (secondary N) is 1. The van der Waals surface area contributed by atoms with Gasteiger partial charge in [-0.05, 0) is 12.1 Å². The van der Waals surface area contributed by atoms with Crippen LogP contribution in [0.2, 0.25) is 0 Å². The Balaban J connectivity index is 2.84. The van der Waals surface area contributed by atoms with Crippen molar-refractivity contribution in [1.29, 1.82) is 0 Å². The van der Waals surface area contributed by atoms with E-state index < -0.39 is 0 Å². The van der Waals surface area contributed by atoms with Gasteiger partial charge < -0.3 is 11.1 Å². The number of hydrogen-bond acceptors (Lipinski definition) is 1. The maximum Gasteiger partial charge on any atom is 0.251 e. The molecule has 0 aliphatic rings. The minimum atomic E-state index is -0.0504. The highest BCUT2D eigenvalue weighted by molar-refractivity contribution is 5.93. The van der Waals surface area contributed by atoms with Crippen LogP contribution in [0.4, 0.5) is 0 Å². The predicted molar refractivity (Wildman–Crippen MR) is 46.4 cm³/mol. The van der Waals surface area contributed by atoms with E-state index >= 15 is 0 Å². The van der Waals surface area contributed by atoms with Gasteiger partial charge in [-0.3, -0.25) is 4.79 Å². The van der Waals surface area contributed by atoms with Crippen molar-refractivity contribution in [2.24, 2.45) is 0 Å². The van der Waals surface area contributed by atoms with Gasteiger partial charge in [0, 0.05) is 18.2 Å². The lowest BCUT2D eigenvalue weighted by atomic mass is 10.1.